The van der Waals surface area contributed by atoms with Crippen LogP contribution in [0.2, 0.25) is 18.1 Å². The van der Waals surface area contributed by atoms with Gasteiger partial charge in [-0.1, -0.05) is 20.8 Å². The molecule has 1 aromatic carbocycles. The van der Waals surface area contributed by atoms with Gasteiger partial charge in [-0.05, 0) is 68.6 Å². The second-order valence-electron chi connectivity index (χ2n) is 12.1. The summed E-state index contributed by atoms with van der Waals surface area (Å²) in [7, 11) is -2.03. The molecule has 0 radical (unpaired) electrons. The van der Waals surface area contributed by atoms with Crippen LogP contribution in [-0.4, -0.2) is 66.9 Å². The molecule has 9 nitrogen and oxygen atoms in total. The first-order chi connectivity index (χ1) is 19.0. The van der Waals surface area contributed by atoms with Gasteiger partial charge < -0.3 is 28.3 Å². The van der Waals surface area contributed by atoms with Crippen molar-refractivity contribution in [2.45, 2.75) is 84.0 Å². The molecule has 1 unspecified atom stereocenters. The topological polar surface area (TPSA) is 104 Å². The Balaban J connectivity index is 1.62. The first-order valence-corrected chi connectivity index (χ1v) is 17.2. The summed E-state index contributed by atoms with van der Waals surface area (Å²) in [6, 6.07) is 10.4. The first kappa shape index (κ1) is 30.3. The van der Waals surface area contributed by atoms with Crippen LogP contribution >= 0.6 is 0 Å². The molecule has 1 aliphatic heterocycles. The van der Waals surface area contributed by atoms with Gasteiger partial charge in [0, 0.05) is 30.3 Å². The molecule has 0 spiro atoms. The molecule has 1 saturated heterocycles. The Bertz CT molecular complexity index is 1310. The van der Waals surface area contributed by atoms with Gasteiger partial charge in [-0.3, -0.25) is 0 Å². The smallest absolute Gasteiger partial charge is 0.250 e. The van der Waals surface area contributed by atoms with Crippen LogP contribution in [0, 0.1) is 11.3 Å². The van der Waals surface area contributed by atoms with E-state index in [9.17, 15) is 5.26 Å². The number of nitrogens with zero attached hydrogens (tertiary/aromatic N) is 4. The molecular formula is C30H44N4O5Si. The molecule has 1 N–H and O–H groups in total. The third-order valence-electron chi connectivity index (χ3n) is 7.93. The number of hydrogen-bond donors (Lipinski definition) is 1. The number of fused-ring (bicyclic) bond motifs is 1. The molecule has 10 heteroatoms. The highest BCUT2D eigenvalue weighted by Crippen LogP contribution is 2.40. The number of aromatic nitrogens is 3. The molecule has 0 saturated carbocycles. The highest BCUT2D eigenvalue weighted by atomic mass is 28.4. The molecule has 40 heavy (non-hydrogen) atoms. The van der Waals surface area contributed by atoms with E-state index >= 15 is 0 Å². The van der Waals surface area contributed by atoms with Crippen molar-refractivity contribution in [3.8, 4) is 23.1 Å². The quantitative estimate of drug-likeness (QED) is 0.215. The van der Waals surface area contributed by atoms with E-state index in [2.05, 4.69) is 52.1 Å². The van der Waals surface area contributed by atoms with Gasteiger partial charge >= 0.3 is 0 Å². The molecule has 0 amide bonds. The van der Waals surface area contributed by atoms with E-state index in [4.69, 9.17) is 28.8 Å². The number of benzene rings is 1. The predicted octanol–water partition coefficient (Wildman–Crippen LogP) is 5.87. The maximum atomic E-state index is 9.86. The maximum Gasteiger partial charge on any atom is 0.250 e. The van der Waals surface area contributed by atoms with Crippen molar-refractivity contribution < 1.29 is 23.7 Å². The molecule has 3 heterocycles. The van der Waals surface area contributed by atoms with Gasteiger partial charge in [0.05, 0.1) is 38.0 Å². The SMILES string of the molecule is C[C@@H](CO)OCCOCCn1cc(-c2nn(C3CCCCO3)c3ccc(O[Si](C)(C)C(C)(C)C)cc23)cc1C#N. The minimum absolute atomic E-state index is 0.0150. The summed E-state index contributed by atoms with van der Waals surface area (Å²) in [4.78, 5) is 0. The normalized spacial score (nSPS) is 17.2. The van der Waals surface area contributed by atoms with Gasteiger partial charge in [-0.25, -0.2) is 4.68 Å². The maximum absolute atomic E-state index is 9.86. The standard InChI is InChI=1S/C30H44N4O5Si/c1-22(21-35)37-16-15-36-14-12-33-20-23(17-24(33)19-31)29-26-18-25(39-40(5,6)30(2,3)4)10-11-27(26)34(32-29)28-9-7-8-13-38-28/h10-11,17-18,20,22,28,35H,7-9,12-16,21H2,1-6H3/t22-,28?/m0/s1. The lowest BCUT2D eigenvalue weighted by atomic mass is 10.1. The number of rotatable bonds is 12. The van der Waals surface area contributed by atoms with Crippen LogP contribution in [0.5, 0.6) is 5.75 Å². The van der Waals surface area contributed by atoms with Crippen LogP contribution in [0.1, 0.15) is 58.9 Å². The molecule has 0 bridgehead atoms. The van der Waals surface area contributed by atoms with Crippen LogP contribution in [-0.2, 0) is 20.8 Å². The zero-order valence-corrected chi connectivity index (χ0v) is 25.8. The van der Waals surface area contributed by atoms with E-state index in [0.29, 0.717) is 32.1 Å². The summed E-state index contributed by atoms with van der Waals surface area (Å²) < 4.78 is 27.8. The van der Waals surface area contributed by atoms with E-state index in [1.165, 1.54) is 0 Å². The summed E-state index contributed by atoms with van der Waals surface area (Å²) >= 11 is 0. The second-order valence-corrected chi connectivity index (χ2v) is 16.8. The lowest BCUT2D eigenvalue weighted by Gasteiger charge is -2.36. The fourth-order valence-corrected chi connectivity index (χ4v) is 5.54. The fourth-order valence-electron chi connectivity index (χ4n) is 4.52. The number of ether oxygens (including phenoxy) is 3. The van der Waals surface area contributed by atoms with Crippen LogP contribution < -0.4 is 4.43 Å². The van der Waals surface area contributed by atoms with Crippen molar-refractivity contribution in [1.82, 2.24) is 14.3 Å². The minimum Gasteiger partial charge on any atom is -0.543 e. The molecule has 1 aliphatic rings. The predicted molar refractivity (Wildman–Crippen MR) is 158 cm³/mol. The minimum atomic E-state index is -2.03. The van der Waals surface area contributed by atoms with Crippen molar-refractivity contribution in [3.05, 3.63) is 36.2 Å². The Labute approximate surface area is 238 Å². The summed E-state index contributed by atoms with van der Waals surface area (Å²) in [5, 5.41) is 25.0. The largest absolute Gasteiger partial charge is 0.543 e. The van der Waals surface area contributed by atoms with Crippen molar-refractivity contribution in [1.29, 1.82) is 5.26 Å². The highest BCUT2D eigenvalue weighted by Gasteiger charge is 2.39. The molecular weight excluding hydrogens is 524 g/mol. The molecule has 4 rings (SSSR count). The molecule has 0 aliphatic carbocycles. The monoisotopic (exact) mass is 568 g/mol. The van der Waals surface area contributed by atoms with Gasteiger partial charge in [0.25, 0.3) is 0 Å². The van der Waals surface area contributed by atoms with Crippen molar-refractivity contribution >= 4 is 19.2 Å². The Kier molecular flexibility index (Phi) is 9.75. The average molecular weight is 569 g/mol. The Morgan fingerprint density at radius 1 is 1.20 bits per heavy atom. The van der Waals surface area contributed by atoms with Crippen LogP contribution in [0.4, 0.5) is 0 Å². The van der Waals surface area contributed by atoms with E-state index in [1.807, 2.05) is 34.5 Å². The van der Waals surface area contributed by atoms with Gasteiger partial charge in [0.15, 0.2) is 6.23 Å². The average Bonchev–Trinajstić information content (AvgIpc) is 3.51. The molecule has 1 fully saturated rings. The molecule has 3 aromatic rings. The Morgan fingerprint density at radius 2 is 2.00 bits per heavy atom. The zero-order valence-electron chi connectivity index (χ0n) is 24.8. The van der Waals surface area contributed by atoms with Crippen molar-refractivity contribution in [2.75, 3.05) is 33.0 Å². The van der Waals surface area contributed by atoms with Gasteiger partial charge in [-0.2, -0.15) is 10.4 Å². The summed E-state index contributed by atoms with van der Waals surface area (Å²) in [6.45, 7) is 15.5. The molecule has 2 atom stereocenters. The number of nitriles is 1. The van der Waals surface area contributed by atoms with E-state index in [-0.39, 0.29) is 24.0 Å². The lowest BCUT2D eigenvalue weighted by Crippen LogP contribution is -2.43. The molecule has 2 aromatic heterocycles. The lowest BCUT2D eigenvalue weighted by molar-refractivity contribution is -0.0365. The van der Waals surface area contributed by atoms with Gasteiger partial charge in [0.1, 0.15) is 23.2 Å². The number of aliphatic hydroxyl groups excluding tert-OH is 1. The van der Waals surface area contributed by atoms with E-state index in [1.54, 1.807) is 0 Å². The molecule has 218 valence electrons. The number of aliphatic hydroxyl groups is 1. The van der Waals surface area contributed by atoms with Crippen molar-refractivity contribution in [3.63, 3.8) is 0 Å². The summed E-state index contributed by atoms with van der Waals surface area (Å²) in [5.41, 5.74) is 3.23. The Morgan fingerprint density at radius 3 is 2.67 bits per heavy atom. The summed E-state index contributed by atoms with van der Waals surface area (Å²) in [6.07, 6.45) is 4.74. The Hall–Kier alpha value is -2.68. The fraction of sp³-hybridized carbons (Fsp3) is 0.600. The highest BCUT2D eigenvalue weighted by molar-refractivity contribution is 6.74. The third-order valence-corrected chi connectivity index (χ3v) is 12.3. The van der Waals surface area contributed by atoms with Crippen LogP contribution in [0.25, 0.3) is 22.2 Å². The zero-order chi connectivity index (χ0) is 28.9. The van der Waals surface area contributed by atoms with Gasteiger partial charge in [-0.15, -0.1) is 0 Å². The van der Waals surface area contributed by atoms with Crippen LogP contribution in [0.15, 0.2) is 30.5 Å². The number of hydrogen-bond acceptors (Lipinski definition) is 7. The first-order valence-electron chi connectivity index (χ1n) is 14.3. The van der Waals surface area contributed by atoms with Crippen LogP contribution in [0.3, 0.4) is 0 Å². The van der Waals surface area contributed by atoms with E-state index in [0.717, 1.165) is 53.8 Å². The van der Waals surface area contributed by atoms with E-state index < -0.39 is 8.32 Å². The third kappa shape index (κ3) is 6.96. The van der Waals surface area contributed by atoms with Crippen molar-refractivity contribution in [2.24, 2.45) is 0 Å². The summed E-state index contributed by atoms with van der Waals surface area (Å²) in [5.74, 6) is 0.843. The van der Waals surface area contributed by atoms with Gasteiger partial charge in [0.2, 0.25) is 8.32 Å². The second kappa shape index (κ2) is 12.9.